The maximum atomic E-state index is 16.0. The van der Waals surface area contributed by atoms with Crippen LogP contribution in [-0.2, 0) is 18.0 Å². The van der Waals surface area contributed by atoms with Gasteiger partial charge in [0.1, 0.15) is 0 Å². The molecule has 1 saturated carbocycles. The van der Waals surface area contributed by atoms with Crippen molar-refractivity contribution in [1.82, 2.24) is 0 Å². The zero-order valence-electron chi connectivity index (χ0n) is 24.2. The number of carbonyl (C=O) groups excluding carboxylic acids is 2. The fourth-order valence-corrected chi connectivity index (χ4v) is 5.51. The first kappa shape index (κ1) is 37.9. The van der Waals surface area contributed by atoms with Gasteiger partial charge in [-0.25, -0.2) is 8.78 Å². The molecule has 1 fully saturated rings. The Hall–Kier alpha value is -3.90. The van der Waals surface area contributed by atoms with Crippen molar-refractivity contribution in [2.45, 2.75) is 56.2 Å². The third-order valence-electron chi connectivity index (χ3n) is 7.69. The topological polar surface area (TPSA) is 49.4 Å². The molecular weight excluding hydrogens is 766 g/mol. The molecule has 266 valence electrons. The monoisotopic (exact) mass is 784 g/mol. The third-order valence-corrected chi connectivity index (χ3v) is 8.31. The van der Waals surface area contributed by atoms with Crippen LogP contribution in [0.4, 0.5) is 72.8 Å². The second-order valence-corrected chi connectivity index (χ2v) is 11.8. The highest BCUT2D eigenvalue weighted by Crippen LogP contribution is 2.55. The maximum Gasteiger partial charge on any atom is 0.435 e. The molecule has 0 aromatic heterocycles. The minimum atomic E-state index is -6.77. The number of anilines is 2. The number of alkyl halides is 13. The van der Waals surface area contributed by atoms with Crippen molar-refractivity contribution in [2.75, 3.05) is 10.2 Å². The van der Waals surface area contributed by atoms with Crippen LogP contribution in [0.15, 0.2) is 59.1 Å². The Balaban J connectivity index is 1.78. The molecule has 0 heterocycles. The molecule has 1 atom stereocenters. The van der Waals surface area contributed by atoms with Gasteiger partial charge in [0.2, 0.25) is 0 Å². The average Bonchev–Trinajstić information content (AvgIpc) is 3.82. The number of carbonyl (C=O) groups is 2. The normalized spacial score (nSPS) is 15.2. The van der Waals surface area contributed by atoms with Gasteiger partial charge < -0.3 is 10.2 Å². The third kappa shape index (κ3) is 7.35. The van der Waals surface area contributed by atoms with Gasteiger partial charge in [-0.1, -0.05) is 6.07 Å². The van der Waals surface area contributed by atoms with Crippen LogP contribution in [0.1, 0.15) is 57.2 Å². The van der Waals surface area contributed by atoms with E-state index in [-0.39, 0.29) is 17.5 Å². The molecule has 1 aliphatic rings. The number of amides is 2. The highest BCUT2D eigenvalue weighted by molar-refractivity contribution is 9.10. The van der Waals surface area contributed by atoms with E-state index < -0.39 is 98.2 Å². The molecule has 4 nitrogen and oxygen atoms in total. The number of halogens is 15. The number of nitrogens with zero attached hydrogens (tertiary/aromatic N) is 1. The molecule has 2 amide bonds. The minimum Gasteiger partial charge on any atom is -0.320 e. The first-order valence-electron chi connectivity index (χ1n) is 13.6. The molecule has 4 rings (SSSR count). The summed E-state index contributed by atoms with van der Waals surface area (Å²) in [7, 11) is 0. The van der Waals surface area contributed by atoms with Crippen LogP contribution in [-0.4, -0.2) is 30.2 Å². The number of nitrogens with one attached hydrogen (secondary N) is 1. The lowest BCUT2D eigenvalue weighted by Gasteiger charge is -2.31. The van der Waals surface area contributed by atoms with Crippen LogP contribution in [0.25, 0.3) is 0 Å². The number of hydrogen-bond donors (Lipinski definition) is 1. The molecule has 0 radical (unpaired) electrons. The van der Waals surface area contributed by atoms with E-state index in [1.807, 2.05) is 0 Å². The summed E-state index contributed by atoms with van der Waals surface area (Å²) in [5.74, 6) is -4.47. The Kier molecular flexibility index (Phi) is 9.88. The first-order chi connectivity index (χ1) is 22.3. The second kappa shape index (κ2) is 12.8. The summed E-state index contributed by atoms with van der Waals surface area (Å²) >= 11 is 2.34. The van der Waals surface area contributed by atoms with E-state index in [1.54, 1.807) is 5.32 Å². The van der Waals surface area contributed by atoms with Crippen LogP contribution in [0, 0.1) is 11.7 Å². The molecule has 0 aliphatic heterocycles. The number of hydrogen-bond acceptors (Lipinski definition) is 2. The fraction of sp³-hybridized carbons (Fsp3) is 0.333. The summed E-state index contributed by atoms with van der Waals surface area (Å²) in [5, 5.41) is 1.57. The molecule has 3 aromatic rings. The van der Waals surface area contributed by atoms with Gasteiger partial charge in [0.05, 0.1) is 28.1 Å². The molecule has 0 spiro atoms. The van der Waals surface area contributed by atoms with Gasteiger partial charge >= 0.3 is 30.4 Å². The zero-order valence-corrected chi connectivity index (χ0v) is 25.8. The lowest BCUT2D eigenvalue weighted by atomic mass is 9.92. The predicted octanol–water partition coefficient (Wildman–Crippen LogP) is 10.6. The van der Waals surface area contributed by atoms with Gasteiger partial charge in [0.15, 0.2) is 5.82 Å². The van der Waals surface area contributed by atoms with Gasteiger partial charge in [-0.2, -0.15) is 52.7 Å². The molecule has 0 bridgehead atoms. The molecule has 1 unspecified atom stereocenters. The van der Waals surface area contributed by atoms with Crippen molar-refractivity contribution in [3.63, 3.8) is 0 Å². The SMILES string of the molecule is CC(C1CC1)N(C(=O)c1ccc(C(F)(F)F)cc1)c1cccc(C(=O)Nc2c(Br)cc(C(F)(C(F)(F)F)C(F)(F)F)cc2C(F)(F)F)c1F. The molecule has 3 aromatic carbocycles. The predicted molar refractivity (Wildman–Crippen MR) is 149 cm³/mol. The summed E-state index contributed by atoms with van der Waals surface area (Å²) in [6.45, 7) is 1.48. The maximum absolute atomic E-state index is 16.0. The van der Waals surface area contributed by atoms with E-state index >= 15 is 4.39 Å². The van der Waals surface area contributed by atoms with Crippen molar-refractivity contribution in [1.29, 1.82) is 0 Å². The Labute approximate surface area is 275 Å². The van der Waals surface area contributed by atoms with Crippen molar-refractivity contribution in [2.24, 2.45) is 5.92 Å². The van der Waals surface area contributed by atoms with E-state index in [0.29, 0.717) is 25.0 Å². The Morgan fingerprint density at radius 2 is 1.35 bits per heavy atom. The molecule has 1 aliphatic carbocycles. The number of benzene rings is 3. The highest BCUT2D eigenvalue weighted by Gasteiger charge is 2.73. The first-order valence-corrected chi connectivity index (χ1v) is 14.4. The largest absolute Gasteiger partial charge is 0.435 e. The van der Waals surface area contributed by atoms with E-state index in [1.165, 1.54) is 6.92 Å². The minimum absolute atomic E-state index is 0.213. The Morgan fingerprint density at radius 1 is 0.796 bits per heavy atom. The highest BCUT2D eigenvalue weighted by atomic mass is 79.9. The fourth-order valence-electron chi connectivity index (χ4n) is 4.95. The average molecular weight is 785 g/mol. The quantitative estimate of drug-likeness (QED) is 0.243. The van der Waals surface area contributed by atoms with E-state index in [0.717, 1.165) is 35.2 Å². The van der Waals surface area contributed by atoms with Crippen molar-refractivity contribution < 1.29 is 71.1 Å². The molecule has 19 heteroatoms. The molecule has 1 N–H and O–H groups in total. The number of rotatable bonds is 7. The van der Waals surface area contributed by atoms with E-state index in [4.69, 9.17) is 0 Å². The van der Waals surface area contributed by atoms with Crippen molar-refractivity contribution in [3.8, 4) is 0 Å². The van der Waals surface area contributed by atoms with Gasteiger partial charge in [-0.05, 0) is 90.1 Å². The lowest BCUT2D eigenvalue weighted by molar-refractivity contribution is -0.348. The van der Waals surface area contributed by atoms with Crippen molar-refractivity contribution >= 4 is 39.1 Å². The summed E-state index contributed by atoms with van der Waals surface area (Å²) in [4.78, 5) is 27.5. The zero-order chi connectivity index (χ0) is 37.1. The summed E-state index contributed by atoms with van der Waals surface area (Å²) < 4.78 is 190. The van der Waals surface area contributed by atoms with Gasteiger partial charge in [-0.15, -0.1) is 0 Å². The van der Waals surface area contributed by atoms with Crippen LogP contribution < -0.4 is 10.2 Å². The summed E-state index contributed by atoms with van der Waals surface area (Å²) in [5.41, 5.74) is -15.8. The molecular formula is C30H19BrF14N2O2. The smallest absolute Gasteiger partial charge is 0.320 e. The molecule has 49 heavy (non-hydrogen) atoms. The van der Waals surface area contributed by atoms with Crippen LogP contribution in [0.3, 0.4) is 0 Å². The van der Waals surface area contributed by atoms with Crippen LogP contribution >= 0.6 is 15.9 Å². The van der Waals surface area contributed by atoms with Crippen LogP contribution in [0.5, 0.6) is 0 Å². The van der Waals surface area contributed by atoms with Gasteiger partial charge in [0.25, 0.3) is 11.8 Å². The van der Waals surface area contributed by atoms with Crippen molar-refractivity contribution in [3.05, 3.63) is 92.7 Å². The van der Waals surface area contributed by atoms with E-state index in [2.05, 4.69) is 15.9 Å². The standard InChI is InChI=1S/C30H19BrF14N2O2/c1-13(14-5-6-14)47(25(49)15-7-9-16(10-8-15)27(34,35)36)21-4-2-3-18(22(21)32)24(48)46-23-19(28(37,38)39)11-17(12-20(23)31)26(33,29(40,41)42)30(43,44)45/h2-4,7-14H,5-6H2,1H3,(H,46,48). The lowest BCUT2D eigenvalue weighted by Crippen LogP contribution is -2.50. The summed E-state index contributed by atoms with van der Waals surface area (Å²) in [6, 6.07) is 3.69. The molecule has 0 saturated heterocycles. The Morgan fingerprint density at radius 3 is 1.82 bits per heavy atom. The van der Waals surface area contributed by atoms with Gasteiger partial charge in [0, 0.05) is 21.6 Å². The van der Waals surface area contributed by atoms with Gasteiger partial charge in [-0.3, -0.25) is 9.59 Å². The second-order valence-electron chi connectivity index (χ2n) is 11.0. The van der Waals surface area contributed by atoms with E-state index in [9.17, 15) is 66.7 Å². The van der Waals surface area contributed by atoms with Crippen LogP contribution in [0.2, 0.25) is 0 Å². The summed E-state index contributed by atoms with van der Waals surface area (Å²) in [6.07, 6.45) is -23.0. The Bertz CT molecular complexity index is 1730.